The van der Waals surface area contributed by atoms with Gasteiger partial charge in [-0.05, 0) is 24.7 Å². The summed E-state index contributed by atoms with van der Waals surface area (Å²) in [6, 6.07) is 0.345. The third-order valence-electron chi connectivity index (χ3n) is 3.27. The van der Waals surface area contributed by atoms with Gasteiger partial charge in [0.25, 0.3) is 0 Å². The van der Waals surface area contributed by atoms with Gasteiger partial charge in [0.2, 0.25) is 0 Å². The highest BCUT2D eigenvalue weighted by molar-refractivity contribution is 6.32. The molecule has 0 radical (unpaired) electrons. The minimum absolute atomic E-state index is 0.345. The molecule has 17 heavy (non-hydrogen) atoms. The van der Waals surface area contributed by atoms with Gasteiger partial charge in [-0.15, -0.1) is 0 Å². The molecule has 5 heteroatoms. The standard InChI is InChI=1S/C12H18ClN3O/c1-3-4-12(5-6-12)8-15-10-9(13)7-14-11(16-10)17-2/h7H,3-6,8H2,1-2H3,(H,14,15,16). The number of rotatable bonds is 6. The van der Waals surface area contributed by atoms with Gasteiger partial charge in [0, 0.05) is 6.54 Å². The molecule has 0 atom stereocenters. The summed E-state index contributed by atoms with van der Waals surface area (Å²) in [7, 11) is 1.55. The average Bonchev–Trinajstić information content (AvgIpc) is 3.09. The molecule has 0 spiro atoms. The molecule has 94 valence electrons. The van der Waals surface area contributed by atoms with Crippen LogP contribution in [0.4, 0.5) is 5.82 Å². The fourth-order valence-electron chi connectivity index (χ4n) is 2.07. The van der Waals surface area contributed by atoms with Crippen LogP contribution < -0.4 is 10.1 Å². The molecule has 1 aliphatic carbocycles. The number of ether oxygens (including phenoxy) is 1. The number of nitrogens with one attached hydrogen (secondary N) is 1. The van der Waals surface area contributed by atoms with Crippen molar-refractivity contribution in [3.63, 3.8) is 0 Å². The van der Waals surface area contributed by atoms with Crippen molar-refractivity contribution in [3.8, 4) is 6.01 Å². The van der Waals surface area contributed by atoms with Gasteiger partial charge >= 0.3 is 6.01 Å². The van der Waals surface area contributed by atoms with E-state index >= 15 is 0 Å². The molecule has 4 nitrogen and oxygen atoms in total. The Morgan fingerprint density at radius 2 is 2.29 bits per heavy atom. The topological polar surface area (TPSA) is 47.0 Å². The molecule has 1 aromatic rings. The predicted octanol–water partition coefficient (Wildman–Crippen LogP) is 3.13. The third kappa shape index (κ3) is 3.00. The second-order valence-electron chi connectivity index (χ2n) is 4.66. The van der Waals surface area contributed by atoms with Gasteiger partial charge in [-0.2, -0.15) is 4.98 Å². The van der Waals surface area contributed by atoms with E-state index in [9.17, 15) is 0 Å². The SMILES string of the molecule is CCCC1(CNc2nc(OC)ncc2Cl)CC1. The van der Waals surface area contributed by atoms with Crippen molar-refractivity contribution in [1.29, 1.82) is 0 Å². The maximum atomic E-state index is 6.04. The second kappa shape index (κ2) is 5.08. The number of methoxy groups -OCH3 is 1. The van der Waals surface area contributed by atoms with Gasteiger partial charge in [0.15, 0.2) is 5.82 Å². The lowest BCUT2D eigenvalue weighted by Gasteiger charge is -2.16. The van der Waals surface area contributed by atoms with Gasteiger partial charge in [0.1, 0.15) is 5.02 Å². The molecular weight excluding hydrogens is 238 g/mol. The number of anilines is 1. The lowest BCUT2D eigenvalue weighted by Crippen LogP contribution is -2.16. The van der Waals surface area contributed by atoms with Gasteiger partial charge in [-0.1, -0.05) is 24.9 Å². The van der Waals surface area contributed by atoms with Gasteiger partial charge in [0.05, 0.1) is 13.3 Å². The zero-order chi connectivity index (χ0) is 12.3. The minimum Gasteiger partial charge on any atom is -0.467 e. The molecule has 0 aromatic carbocycles. The Kier molecular flexibility index (Phi) is 3.72. The summed E-state index contributed by atoms with van der Waals surface area (Å²) >= 11 is 6.04. The normalized spacial score (nSPS) is 16.6. The predicted molar refractivity (Wildman–Crippen MR) is 68.7 cm³/mol. The van der Waals surface area contributed by atoms with E-state index in [0.29, 0.717) is 22.3 Å². The van der Waals surface area contributed by atoms with Crippen LogP contribution >= 0.6 is 11.6 Å². The molecule has 0 saturated heterocycles. The number of halogens is 1. The van der Waals surface area contributed by atoms with Crippen LogP contribution in [0.5, 0.6) is 6.01 Å². The molecule has 2 rings (SSSR count). The molecular formula is C12H18ClN3O. The molecule has 0 amide bonds. The van der Waals surface area contributed by atoms with Crippen LogP contribution in [0, 0.1) is 5.41 Å². The molecule has 1 aliphatic rings. The van der Waals surface area contributed by atoms with Crippen molar-refractivity contribution < 1.29 is 4.74 Å². The van der Waals surface area contributed by atoms with E-state index in [4.69, 9.17) is 16.3 Å². The summed E-state index contributed by atoms with van der Waals surface area (Å²) < 4.78 is 4.98. The molecule has 1 saturated carbocycles. The van der Waals surface area contributed by atoms with Crippen LogP contribution in [0.3, 0.4) is 0 Å². The lowest BCUT2D eigenvalue weighted by atomic mass is 10.0. The number of nitrogens with zero attached hydrogens (tertiary/aromatic N) is 2. The first-order valence-electron chi connectivity index (χ1n) is 5.99. The fraction of sp³-hybridized carbons (Fsp3) is 0.667. The van der Waals surface area contributed by atoms with Crippen LogP contribution in [0.2, 0.25) is 5.02 Å². The quantitative estimate of drug-likeness (QED) is 0.848. The van der Waals surface area contributed by atoms with Crippen LogP contribution in [-0.2, 0) is 0 Å². The van der Waals surface area contributed by atoms with Crippen LogP contribution in [0.15, 0.2) is 6.20 Å². The van der Waals surface area contributed by atoms with E-state index < -0.39 is 0 Å². The van der Waals surface area contributed by atoms with E-state index in [1.165, 1.54) is 25.7 Å². The molecule has 1 fully saturated rings. The van der Waals surface area contributed by atoms with Crippen molar-refractivity contribution in [2.45, 2.75) is 32.6 Å². The van der Waals surface area contributed by atoms with Crippen molar-refractivity contribution in [1.82, 2.24) is 9.97 Å². The van der Waals surface area contributed by atoms with E-state index in [1.54, 1.807) is 13.3 Å². The van der Waals surface area contributed by atoms with E-state index in [-0.39, 0.29) is 0 Å². The Morgan fingerprint density at radius 1 is 1.53 bits per heavy atom. The molecule has 0 bridgehead atoms. The Hall–Kier alpha value is -1.03. The largest absolute Gasteiger partial charge is 0.467 e. The highest BCUT2D eigenvalue weighted by Crippen LogP contribution is 2.49. The second-order valence-corrected chi connectivity index (χ2v) is 5.06. The number of hydrogen-bond acceptors (Lipinski definition) is 4. The molecule has 1 aromatic heterocycles. The molecule has 1 N–H and O–H groups in total. The van der Waals surface area contributed by atoms with Gasteiger partial charge < -0.3 is 10.1 Å². The zero-order valence-electron chi connectivity index (χ0n) is 10.3. The minimum atomic E-state index is 0.345. The Labute approximate surface area is 107 Å². The van der Waals surface area contributed by atoms with Crippen molar-refractivity contribution in [2.24, 2.45) is 5.41 Å². The fourth-order valence-corrected chi connectivity index (χ4v) is 2.22. The first kappa shape index (κ1) is 12.4. The highest BCUT2D eigenvalue weighted by Gasteiger charge is 2.41. The Bertz CT molecular complexity index is 393. The number of aromatic nitrogens is 2. The summed E-state index contributed by atoms with van der Waals surface area (Å²) in [6.45, 7) is 3.15. The van der Waals surface area contributed by atoms with Crippen LogP contribution in [0.25, 0.3) is 0 Å². The van der Waals surface area contributed by atoms with E-state index in [1.807, 2.05) is 0 Å². The first-order valence-corrected chi connectivity index (χ1v) is 6.37. The zero-order valence-corrected chi connectivity index (χ0v) is 11.0. The molecule has 1 heterocycles. The average molecular weight is 256 g/mol. The summed E-state index contributed by atoms with van der Waals surface area (Å²) in [5.41, 5.74) is 0.469. The first-order chi connectivity index (χ1) is 8.19. The van der Waals surface area contributed by atoms with Crippen molar-refractivity contribution in [3.05, 3.63) is 11.2 Å². The Balaban J connectivity index is 1.98. The lowest BCUT2D eigenvalue weighted by molar-refractivity contribution is 0.380. The summed E-state index contributed by atoms with van der Waals surface area (Å²) in [5, 5.41) is 3.85. The smallest absolute Gasteiger partial charge is 0.318 e. The number of hydrogen-bond donors (Lipinski definition) is 1. The van der Waals surface area contributed by atoms with Gasteiger partial charge in [-0.3, -0.25) is 0 Å². The van der Waals surface area contributed by atoms with Crippen molar-refractivity contribution in [2.75, 3.05) is 19.0 Å². The summed E-state index contributed by atoms with van der Waals surface area (Å²) in [4.78, 5) is 8.15. The van der Waals surface area contributed by atoms with E-state index in [0.717, 1.165) is 6.54 Å². The van der Waals surface area contributed by atoms with Crippen molar-refractivity contribution >= 4 is 17.4 Å². The molecule has 0 aliphatic heterocycles. The monoisotopic (exact) mass is 255 g/mol. The van der Waals surface area contributed by atoms with Crippen LogP contribution in [-0.4, -0.2) is 23.6 Å². The van der Waals surface area contributed by atoms with E-state index in [2.05, 4.69) is 22.2 Å². The summed E-state index contributed by atoms with van der Waals surface area (Å²) in [6.07, 6.45) is 6.65. The summed E-state index contributed by atoms with van der Waals surface area (Å²) in [5.74, 6) is 0.667. The Morgan fingerprint density at radius 3 is 2.88 bits per heavy atom. The van der Waals surface area contributed by atoms with Crippen LogP contribution in [0.1, 0.15) is 32.6 Å². The highest BCUT2D eigenvalue weighted by atomic mass is 35.5. The third-order valence-corrected chi connectivity index (χ3v) is 3.55. The van der Waals surface area contributed by atoms with Gasteiger partial charge in [-0.25, -0.2) is 4.98 Å². The maximum absolute atomic E-state index is 6.04. The maximum Gasteiger partial charge on any atom is 0.318 e. The molecule has 0 unspecified atom stereocenters.